The second-order valence-corrected chi connectivity index (χ2v) is 6.94. The highest BCUT2D eigenvalue weighted by Crippen LogP contribution is 2.32. The number of hydrogen-bond acceptors (Lipinski definition) is 3. The van der Waals surface area contributed by atoms with E-state index in [0.29, 0.717) is 24.2 Å². The lowest BCUT2D eigenvalue weighted by Gasteiger charge is -2.15. The van der Waals surface area contributed by atoms with Crippen molar-refractivity contribution in [3.63, 3.8) is 0 Å². The van der Waals surface area contributed by atoms with Crippen LogP contribution in [-0.4, -0.2) is 25.5 Å². The summed E-state index contributed by atoms with van der Waals surface area (Å²) in [6, 6.07) is 2.30. The van der Waals surface area contributed by atoms with Crippen molar-refractivity contribution in [2.24, 2.45) is 0 Å². The first-order valence-electron chi connectivity index (χ1n) is 8.94. The highest BCUT2D eigenvalue weighted by atomic mass is 16.2. The number of carbonyl (C=O) groups is 1. The van der Waals surface area contributed by atoms with Crippen molar-refractivity contribution in [1.29, 1.82) is 0 Å². The number of hydrogen-bond donors (Lipinski definition) is 1. The molecule has 2 aromatic heterocycles. The zero-order valence-corrected chi connectivity index (χ0v) is 15.0. The summed E-state index contributed by atoms with van der Waals surface area (Å²) >= 11 is 0. The van der Waals surface area contributed by atoms with Gasteiger partial charge < -0.3 is 5.32 Å². The summed E-state index contributed by atoms with van der Waals surface area (Å²) in [5.74, 6) is 1.01. The highest BCUT2D eigenvalue weighted by molar-refractivity contribution is 6.03. The van der Waals surface area contributed by atoms with Crippen molar-refractivity contribution in [2.45, 2.75) is 71.9 Å². The van der Waals surface area contributed by atoms with E-state index < -0.39 is 0 Å². The molecule has 1 N–H and O–H groups in total. The van der Waals surface area contributed by atoms with Gasteiger partial charge in [0.15, 0.2) is 0 Å². The molecule has 1 amide bonds. The normalized spacial score (nSPS) is 15.4. The van der Waals surface area contributed by atoms with Crippen LogP contribution in [0.5, 0.6) is 0 Å². The van der Waals surface area contributed by atoms with Crippen LogP contribution in [0, 0.1) is 6.92 Å². The SMILES string of the molecule is CCn1nc(C(C)C)cc1C(=O)Nc1c(C)cnn1C1CCCC1. The number of nitrogens with one attached hydrogen (secondary N) is 1. The summed E-state index contributed by atoms with van der Waals surface area (Å²) in [5.41, 5.74) is 2.56. The highest BCUT2D eigenvalue weighted by Gasteiger charge is 2.24. The van der Waals surface area contributed by atoms with Gasteiger partial charge in [0.2, 0.25) is 0 Å². The third-order valence-corrected chi connectivity index (χ3v) is 4.80. The Morgan fingerprint density at radius 1 is 1.38 bits per heavy atom. The van der Waals surface area contributed by atoms with Crippen LogP contribution in [0.1, 0.15) is 80.2 Å². The van der Waals surface area contributed by atoms with Crippen LogP contribution in [-0.2, 0) is 6.54 Å². The number of amides is 1. The van der Waals surface area contributed by atoms with E-state index in [1.807, 2.05) is 30.8 Å². The Hall–Kier alpha value is -2.11. The van der Waals surface area contributed by atoms with Crippen LogP contribution in [0.4, 0.5) is 5.82 Å². The number of anilines is 1. The van der Waals surface area contributed by atoms with E-state index in [1.165, 1.54) is 12.8 Å². The Kier molecular flexibility index (Phi) is 4.73. The fourth-order valence-corrected chi connectivity index (χ4v) is 3.34. The molecule has 0 spiro atoms. The summed E-state index contributed by atoms with van der Waals surface area (Å²) in [6.07, 6.45) is 6.57. The molecule has 0 unspecified atom stereocenters. The molecule has 0 aromatic carbocycles. The monoisotopic (exact) mass is 329 g/mol. The Bertz CT molecular complexity index is 722. The molecule has 0 radical (unpaired) electrons. The van der Waals surface area contributed by atoms with Gasteiger partial charge in [0.1, 0.15) is 11.5 Å². The average Bonchev–Trinajstić information content (AvgIpc) is 3.27. The predicted octanol–water partition coefficient (Wildman–Crippen LogP) is 3.90. The fourth-order valence-electron chi connectivity index (χ4n) is 3.34. The lowest BCUT2D eigenvalue weighted by atomic mass is 10.1. The molecule has 0 saturated heterocycles. The average molecular weight is 329 g/mol. The fraction of sp³-hybridized carbons (Fsp3) is 0.611. The summed E-state index contributed by atoms with van der Waals surface area (Å²) in [4.78, 5) is 12.8. The molecule has 3 rings (SSSR count). The molecule has 6 heteroatoms. The van der Waals surface area contributed by atoms with Gasteiger partial charge >= 0.3 is 0 Å². The van der Waals surface area contributed by atoms with E-state index in [0.717, 1.165) is 29.9 Å². The lowest BCUT2D eigenvalue weighted by Crippen LogP contribution is -2.21. The van der Waals surface area contributed by atoms with Crippen LogP contribution in [0.25, 0.3) is 0 Å². The molecule has 1 saturated carbocycles. The quantitative estimate of drug-likeness (QED) is 0.905. The minimum Gasteiger partial charge on any atom is -0.305 e. The van der Waals surface area contributed by atoms with E-state index in [2.05, 4.69) is 29.4 Å². The molecule has 1 fully saturated rings. The van der Waals surface area contributed by atoms with Gasteiger partial charge in [-0.2, -0.15) is 10.2 Å². The topological polar surface area (TPSA) is 64.7 Å². The van der Waals surface area contributed by atoms with E-state index in [1.54, 1.807) is 4.68 Å². The molecule has 0 bridgehead atoms. The van der Waals surface area contributed by atoms with Gasteiger partial charge in [0.05, 0.1) is 17.9 Å². The van der Waals surface area contributed by atoms with Crippen molar-refractivity contribution in [3.8, 4) is 0 Å². The number of nitrogens with zero attached hydrogens (tertiary/aromatic N) is 4. The van der Waals surface area contributed by atoms with Crippen LogP contribution < -0.4 is 5.32 Å². The Labute approximate surface area is 143 Å². The van der Waals surface area contributed by atoms with Crippen molar-refractivity contribution >= 4 is 11.7 Å². The van der Waals surface area contributed by atoms with Gasteiger partial charge in [-0.25, -0.2) is 4.68 Å². The van der Waals surface area contributed by atoms with Crippen LogP contribution in [0.3, 0.4) is 0 Å². The molecule has 0 atom stereocenters. The lowest BCUT2D eigenvalue weighted by molar-refractivity contribution is 0.101. The maximum atomic E-state index is 12.8. The first-order chi connectivity index (χ1) is 11.5. The van der Waals surface area contributed by atoms with Crippen LogP contribution in [0.15, 0.2) is 12.3 Å². The van der Waals surface area contributed by atoms with Gasteiger partial charge in [-0.1, -0.05) is 26.7 Å². The summed E-state index contributed by atoms with van der Waals surface area (Å²) in [6.45, 7) is 8.84. The Morgan fingerprint density at radius 3 is 2.71 bits per heavy atom. The second kappa shape index (κ2) is 6.79. The van der Waals surface area contributed by atoms with Gasteiger partial charge in [0, 0.05) is 12.1 Å². The predicted molar refractivity (Wildman–Crippen MR) is 94.4 cm³/mol. The molecule has 24 heavy (non-hydrogen) atoms. The van der Waals surface area contributed by atoms with Crippen LogP contribution >= 0.6 is 0 Å². The van der Waals surface area contributed by atoms with Crippen molar-refractivity contribution in [2.75, 3.05) is 5.32 Å². The van der Waals surface area contributed by atoms with Gasteiger partial charge in [-0.3, -0.25) is 9.48 Å². The molecule has 2 heterocycles. The molecule has 6 nitrogen and oxygen atoms in total. The largest absolute Gasteiger partial charge is 0.305 e. The molecule has 130 valence electrons. The molecule has 1 aliphatic rings. The molecule has 0 aliphatic heterocycles. The maximum absolute atomic E-state index is 12.8. The Morgan fingerprint density at radius 2 is 2.08 bits per heavy atom. The first-order valence-corrected chi connectivity index (χ1v) is 8.94. The molecule has 2 aromatic rings. The summed E-state index contributed by atoms with van der Waals surface area (Å²) in [7, 11) is 0. The van der Waals surface area contributed by atoms with E-state index in [9.17, 15) is 4.79 Å². The summed E-state index contributed by atoms with van der Waals surface area (Å²) < 4.78 is 3.77. The van der Waals surface area contributed by atoms with E-state index >= 15 is 0 Å². The molecule has 1 aliphatic carbocycles. The second-order valence-electron chi connectivity index (χ2n) is 6.94. The molecular weight excluding hydrogens is 302 g/mol. The van der Waals surface area contributed by atoms with E-state index in [4.69, 9.17) is 0 Å². The number of rotatable bonds is 5. The van der Waals surface area contributed by atoms with Gasteiger partial charge in [-0.05, 0) is 38.7 Å². The van der Waals surface area contributed by atoms with Crippen molar-refractivity contribution in [1.82, 2.24) is 19.6 Å². The number of carbonyl (C=O) groups excluding carboxylic acids is 1. The maximum Gasteiger partial charge on any atom is 0.275 e. The van der Waals surface area contributed by atoms with Gasteiger partial charge in [-0.15, -0.1) is 0 Å². The zero-order chi connectivity index (χ0) is 17.3. The van der Waals surface area contributed by atoms with Crippen LogP contribution in [0.2, 0.25) is 0 Å². The zero-order valence-electron chi connectivity index (χ0n) is 15.0. The Balaban J connectivity index is 1.86. The molecular formula is C18H27N5O. The third-order valence-electron chi connectivity index (χ3n) is 4.80. The minimum atomic E-state index is -0.112. The number of aryl methyl sites for hydroxylation is 2. The van der Waals surface area contributed by atoms with E-state index in [-0.39, 0.29) is 5.91 Å². The third kappa shape index (κ3) is 3.09. The van der Waals surface area contributed by atoms with Crippen molar-refractivity contribution < 1.29 is 4.79 Å². The smallest absolute Gasteiger partial charge is 0.275 e. The standard InChI is InChI=1S/C18H27N5O/c1-5-22-16(10-15(21-22)12(2)3)18(24)20-17-13(4)11-19-23(17)14-8-6-7-9-14/h10-12,14H,5-9H2,1-4H3,(H,20,24). The first kappa shape index (κ1) is 16.7. The minimum absolute atomic E-state index is 0.112. The van der Waals surface area contributed by atoms with Crippen molar-refractivity contribution in [3.05, 3.63) is 29.2 Å². The summed E-state index contributed by atoms with van der Waals surface area (Å²) in [5, 5.41) is 12.1. The number of aromatic nitrogens is 4. The van der Waals surface area contributed by atoms with Gasteiger partial charge in [0.25, 0.3) is 5.91 Å².